The highest BCUT2D eigenvalue weighted by atomic mass is 16.5. The standard InChI is InChI=1S/C14H23NO/c1-11-9-12(2)14(13(3)10-11)5-7-16-8-6-15-4/h9-10,15H,5-8H2,1-4H3. The van der Waals surface area contributed by atoms with Crippen molar-refractivity contribution in [2.24, 2.45) is 0 Å². The maximum atomic E-state index is 5.56. The van der Waals surface area contributed by atoms with E-state index >= 15 is 0 Å². The first kappa shape index (κ1) is 13.2. The number of hydrogen-bond acceptors (Lipinski definition) is 2. The van der Waals surface area contributed by atoms with Gasteiger partial charge >= 0.3 is 0 Å². The molecule has 16 heavy (non-hydrogen) atoms. The minimum absolute atomic E-state index is 0.792. The van der Waals surface area contributed by atoms with E-state index in [0.29, 0.717) is 0 Å². The van der Waals surface area contributed by atoms with Gasteiger partial charge < -0.3 is 10.1 Å². The van der Waals surface area contributed by atoms with Crippen molar-refractivity contribution in [3.63, 3.8) is 0 Å². The number of nitrogens with one attached hydrogen (secondary N) is 1. The van der Waals surface area contributed by atoms with Gasteiger partial charge in [0.1, 0.15) is 0 Å². The summed E-state index contributed by atoms with van der Waals surface area (Å²) >= 11 is 0. The van der Waals surface area contributed by atoms with Gasteiger partial charge in [-0.05, 0) is 50.9 Å². The quantitative estimate of drug-likeness (QED) is 0.745. The Hall–Kier alpha value is -0.860. The normalized spacial score (nSPS) is 10.8. The van der Waals surface area contributed by atoms with Crippen LogP contribution in [0.4, 0.5) is 0 Å². The highest BCUT2D eigenvalue weighted by Crippen LogP contribution is 2.16. The van der Waals surface area contributed by atoms with Crippen LogP contribution in [0.15, 0.2) is 12.1 Å². The van der Waals surface area contributed by atoms with E-state index in [1.54, 1.807) is 0 Å². The Balaban J connectivity index is 2.47. The summed E-state index contributed by atoms with van der Waals surface area (Å²) in [5.74, 6) is 0. The van der Waals surface area contributed by atoms with Gasteiger partial charge in [0.15, 0.2) is 0 Å². The van der Waals surface area contributed by atoms with Crippen molar-refractivity contribution in [1.29, 1.82) is 0 Å². The van der Waals surface area contributed by atoms with Crippen LogP contribution in [-0.4, -0.2) is 26.8 Å². The fourth-order valence-electron chi connectivity index (χ4n) is 2.05. The molecule has 0 saturated heterocycles. The van der Waals surface area contributed by atoms with Gasteiger partial charge in [0.2, 0.25) is 0 Å². The van der Waals surface area contributed by atoms with Gasteiger partial charge in [0.25, 0.3) is 0 Å². The third-order valence-corrected chi connectivity index (χ3v) is 2.83. The lowest BCUT2D eigenvalue weighted by atomic mass is 9.98. The zero-order valence-electron chi connectivity index (χ0n) is 10.9. The van der Waals surface area contributed by atoms with Gasteiger partial charge in [-0.25, -0.2) is 0 Å². The molecule has 0 spiro atoms. The van der Waals surface area contributed by atoms with E-state index in [0.717, 1.165) is 26.2 Å². The Morgan fingerprint density at radius 2 is 1.69 bits per heavy atom. The van der Waals surface area contributed by atoms with Crippen molar-refractivity contribution in [3.05, 3.63) is 34.4 Å². The lowest BCUT2D eigenvalue weighted by Gasteiger charge is -2.11. The van der Waals surface area contributed by atoms with E-state index in [1.165, 1.54) is 22.3 Å². The molecular weight excluding hydrogens is 198 g/mol. The van der Waals surface area contributed by atoms with Crippen molar-refractivity contribution < 1.29 is 4.74 Å². The van der Waals surface area contributed by atoms with Crippen LogP contribution < -0.4 is 5.32 Å². The van der Waals surface area contributed by atoms with Crippen LogP contribution in [0.3, 0.4) is 0 Å². The molecule has 0 unspecified atom stereocenters. The number of benzene rings is 1. The molecule has 0 amide bonds. The highest BCUT2D eigenvalue weighted by Gasteiger charge is 2.03. The van der Waals surface area contributed by atoms with E-state index in [9.17, 15) is 0 Å². The van der Waals surface area contributed by atoms with Gasteiger partial charge in [-0.3, -0.25) is 0 Å². The second-order valence-corrected chi connectivity index (χ2v) is 4.34. The van der Waals surface area contributed by atoms with Crippen LogP contribution in [0.2, 0.25) is 0 Å². The van der Waals surface area contributed by atoms with Gasteiger partial charge in [-0.2, -0.15) is 0 Å². The molecule has 2 nitrogen and oxygen atoms in total. The molecule has 0 aliphatic rings. The first-order chi connectivity index (χ1) is 7.65. The first-order valence-electron chi connectivity index (χ1n) is 5.94. The number of aryl methyl sites for hydroxylation is 3. The number of hydrogen-bond donors (Lipinski definition) is 1. The fourth-order valence-corrected chi connectivity index (χ4v) is 2.05. The van der Waals surface area contributed by atoms with Crippen molar-refractivity contribution in [3.8, 4) is 0 Å². The van der Waals surface area contributed by atoms with E-state index < -0.39 is 0 Å². The maximum Gasteiger partial charge on any atom is 0.0590 e. The van der Waals surface area contributed by atoms with Crippen LogP contribution in [0, 0.1) is 20.8 Å². The largest absolute Gasteiger partial charge is 0.380 e. The zero-order valence-corrected chi connectivity index (χ0v) is 10.9. The summed E-state index contributed by atoms with van der Waals surface area (Å²) in [5, 5.41) is 3.07. The van der Waals surface area contributed by atoms with E-state index in [4.69, 9.17) is 4.74 Å². The Bertz CT molecular complexity index is 311. The van der Waals surface area contributed by atoms with Gasteiger partial charge in [-0.15, -0.1) is 0 Å². The summed E-state index contributed by atoms with van der Waals surface area (Å²) in [6.07, 6.45) is 1.02. The summed E-state index contributed by atoms with van der Waals surface area (Å²) in [5.41, 5.74) is 5.55. The van der Waals surface area contributed by atoms with Crippen molar-refractivity contribution in [2.75, 3.05) is 26.8 Å². The van der Waals surface area contributed by atoms with Crippen molar-refractivity contribution >= 4 is 0 Å². The Morgan fingerprint density at radius 1 is 1.06 bits per heavy atom. The first-order valence-corrected chi connectivity index (χ1v) is 5.94. The molecule has 0 aliphatic carbocycles. The molecule has 0 atom stereocenters. The lowest BCUT2D eigenvalue weighted by molar-refractivity contribution is 0.140. The molecule has 0 radical (unpaired) electrons. The SMILES string of the molecule is CNCCOCCc1c(C)cc(C)cc1C. The van der Waals surface area contributed by atoms with Crippen LogP contribution >= 0.6 is 0 Å². The maximum absolute atomic E-state index is 5.56. The highest BCUT2D eigenvalue weighted by molar-refractivity contribution is 5.37. The van der Waals surface area contributed by atoms with Crippen LogP contribution in [0.1, 0.15) is 22.3 Å². The molecule has 1 rings (SSSR count). The average Bonchev–Trinajstić information content (AvgIpc) is 2.20. The van der Waals surface area contributed by atoms with E-state index in [1.807, 2.05) is 7.05 Å². The van der Waals surface area contributed by atoms with Gasteiger partial charge in [0.05, 0.1) is 13.2 Å². The van der Waals surface area contributed by atoms with Crippen LogP contribution in [-0.2, 0) is 11.2 Å². The summed E-state index contributed by atoms with van der Waals surface area (Å²) in [4.78, 5) is 0. The lowest BCUT2D eigenvalue weighted by Crippen LogP contribution is -2.15. The predicted octanol–water partition coefficient (Wildman–Crippen LogP) is 2.39. The Labute approximate surface area is 99.0 Å². The molecule has 1 aromatic rings. The third-order valence-electron chi connectivity index (χ3n) is 2.83. The molecule has 0 aromatic heterocycles. The van der Waals surface area contributed by atoms with Crippen molar-refractivity contribution in [1.82, 2.24) is 5.32 Å². The van der Waals surface area contributed by atoms with Crippen LogP contribution in [0.5, 0.6) is 0 Å². The van der Waals surface area contributed by atoms with Crippen LogP contribution in [0.25, 0.3) is 0 Å². The molecule has 2 heteroatoms. The fraction of sp³-hybridized carbons (Fsp3) is 0.571. The summed E-state index contributed by atoms with van der Waals surface area (Å²) in [6, 6.07) is 4.49. The number of likely N-dealkylation sites (N-methyl/N-ethyl adjacent to an activating group) is 1. The number of ether oxygens (including phenoxy) is 1. The smallest absolute Gasteiger partial charge is 0.0590 e. The molecule has 0 fully saturated rings. The monoisotopic (exact) mass is 221 g/mol. The Kier molecular flexibility index (Phi) is 5.50. The molecule has 0 aliphatic heterocycles. The second kappa shape index (κ2) is 6.66. The third kappa shape index (κ3) is 3.95. The zero-order chi connectivity index (χ0) is 12.0. The molecule has 0 heterocycles. The van der Waals surface area contributed by atoms with E-state index in [-0.39, 0.29) is 0 Å². The summed E-state index contributed by atoms with van der Waals surface area (Å²) in [6.45, 7) is 9.04. The van der Waals surface area contributed by atoms with E-state index in [2.05, 4.69) is 38.2 Å². The summed E-state index contributed by atoms with van der Waals surface area (Å²) < 4.78 is 5.56. The van der Waals surface area contributed by atoms with Gasteiger partial charge in [0, 0.05) is 6.54 Å². The molecule has 1 N–H and O–H groups in total. The molecule has 0 saturated carbocycles. The van der Waals surface area contributed by atoms with Gasteiger partial charge in [-0.1, -0.05) is 17.7 Å². The number of rotatable bonds is 6. The minimum Gasteiger partial charge on any atom is -0.380 e. The summed E-state index contributed by atoms with van der Waals surface area (Å²) in [7, 11) is 1.94. The molecular formula is C14H23NO. The van der Waals surface area contributed by atoms with Crippen molar-refractivity contribution in [2.45, 2.75) is 27.2 Å². The minimum atomic E-state index is 0.792. The second-order valence-electron chi connectivity index (χ2n) is 4.34. The molecule has 1 aromatic carbocycles. The topological polar surface area (TPSA) is 21.3 Å². The average molecular weight is 221 g/mol. The molecule has 90 valence electrons. The molecule has 0 bridgehead atoms. The Morgan fingerprint density at radius 3 is 2.25 bits per heavy atom. The predicted molar refractivity (Wildman–Crippen MR) is 69.1 cm³/mol.